The third-order valence-corrected chi connectivity index (χ3v) is 6.74. The van der Waals surface area contributed by atoms with E-state index in [-0.39, 0.29) is 22.1 Å². The molecule has 0 bridgehead atoms. The Hall–Kier alpha value is -3.85. The molecule has 176 valence electrons. The quantitative estimate of drug-likeness (QED) is 0.502. The number of nitrogens with one attached hydrogen (secondary N) is 2. The largest absolute Gasteiger partial charge is 0.494 e. The lowest BCUT2D eigenvalue weighted by Gasteiger charge is -2.20. The number of hydrogen-bond acceptors (Lipinski definition) is 5. The Kier molecular flexibility index (Phi) is 6.83. The Balaban J connectivity index is 1.51. The lowest BCUT2D eigenvalue weighted by atomic mass is 10.1. The van der Waals surface area contributed by atoms with Crippen molar-refractivity contribution in [3.05, 3.63) is 78.4 Å². The SMILES string of the molecule is CCOc1ccc(S(=O)(=O)Nc2cccc(C(=O)Nc3ccccc3N3CCCC3=O)c2)cc1. The first-order chi connectivity index (χ1) is 16.4. The Morgan fingerprint density at radius 3 is 2.50 bits per heavy atom. The number of carbonyl (C=O) groups is 2. The van der Waals surface area contributed by atoms with Gasteiger partial charge in [0.2, 0.25) is 5.91 Å². The molecule has 1 heterocycles. The van der Waals surface area contributed by atoms with Crippen LogP contribution in [0.5, 0.6) is 5.75 Å². The van der Waals surface area contributed by atoms with Crippen LogP contribution in [-0.4, -0.2) is 33.4 Å². The van der Waals surface area contributed by atoms with E-state index in [2.05, 4.69) is 10.0 Å². The highest BCUT2D eigenvalue weighted by Gasteiger charge is 2.24. The van der Waals surface area contributed by atoms with Gasteiger partial charge >= 0.3 is 0 Å². The van der Waals surface area contributed by atoms with Crippen molar-refractivity contribution < 1.29 is 22.7 Å². The van der Waals surface area contributed by atoms with Crippen molar-refractivity contribution in [2.75, 3.05) is 28.1 Å². The number of sulfonamides is 1. The fraction of sp³-hybridized carbons (Fsp3) is 0.200. The number of para-hydroxylation sites is 2. The number of nitrogens with zero attached hydrogens (tertiary/aromatic N) is 1. The molecule has 3 aromatic rings. The van der Waals surface area contributed by atoms with E-state index >= 15 is 0 Å². The van der Waals surface area contributed by atoms with Gasteiger partial charge in [0.05, 0.1) is 22.9 Å². The van der Waals surface area contributed by atoms with E-state index in [1.807, 2.05) is 13.0 Å². The van der Waals surface area contributed by atoms with Crippen molar-refractivity contribution in [2.45, 2.75) is 24.7 Å². The molecule has 34 heavy (non-hydrogen) atoms. The van der Waals surface area contributed by atoms with Crippen molar-refractivity contribution >= 4 is 38.9 Å². The van der Waals surface area contributed by atoms with Gasteiger partial charge in [0, 0.05) is 24.2 Å². The molecule has 0 aliphatic carbocycles. The summed E-state index contributed by atoms with van der Waals surface area (Å²) in [5, 5.41) is 2.84. The van der Waals surface area contributed by atoms with E-state index in [9.17, 15) is 18.0 Å². The van der Waals surface area contributed by atoms with E-state index < -0.39 is 15.9 Å². The van der Waals surface area contributed by atoms with Gasteiger partial charge in [0.1, 0.15) is 5.75 Å². The number of benzene rings is 3. The lowest BCUT2D eigenvalue weighted by Crippen LogP contribution is -2.25. The third kappa shape index (κ3) is 5.20. The molecule has 2 N–H and O–H groups in total. The van der Waals surface area contributed by atoms with Gasteiger partial charge in [-0.25, -0.2) is 8.42 Å². The average molecular weight is 480 g/mol. The first-order valence-electron chi connectivity index (χ1n) is 10.9. The van der Waals surface area contributed by atoms with Crippen LogP contribution >= 0.6 is 0 Å². The highest BCUT2D eigenvalue weighted by atomic mass is 32.2. The second kappa shape index (κ2) is 9.96. The summed E-state index contributed by atoms with van der Waals surface area (Å²) in [4.78, 5) is 26.9. The van der Waals surface area contributed by atoms with Gasteiger partial charge in [-0.15, -0.1) is 0 Å². The lowest BCUT2D eigenvalue weighted by molar-refractivity contribution is -0.117. The van der Waals surface area contributed by atoms with Crippen LogP contribution in [0.3, 0.4) is 0 Å². The fourth-order valence-electron chi connectivity index (χ4n) is 3.73. The molecule has 3 aromatic carbocycles. The van der Waals surface area contributed by atoms with Crippen molar-refractivity contribution in [3.63, 3.8) is 0 Å². The Bertz CT molecular complexity index is 1310. The minimum absolute atomic E-state index is 0.0207. The normalized spacial score (nSPS) is 13.6. The molecule has 2 amide bonds. The topological polar surface area (TPSA) is 105 Å². The van der Waals surface area contributed by atoms with Crippen molar-refractivity contribution in [1.82, 2.24) is 0 Å². The van der Waals surface area contributed by atoms with E-state index in [0.717, 1.165) is 6.42 Å². The summed E-state index contributed by atoms with van der Waals surface area (Å²) in [6, 6.07) is 19.4. The first-order valence-corrected chi connectivity index (χ1v) is 12.4. The summed E-state index contributed by atoms with van der Waals surface area (Å²) in [5.74, 6) is 0.185. The van der Waals surface area contributed by atoms with Gasteiger partial charge < -0.3 is 15.0 Å². The first kappa shape index (κ1) is 23.3. The van der Waals surface area contributed by atoms with Crippen LogP contribution in [0.1, 0.15) is 30.1 Å². The summed E-state index contributed by atoms with van der Waals surface area (Å²) < 4.78 is 33.4. The standard InChI is InChI=1S/C25H25N3O5S/c1-2-33-20-12-14-21(15-13-20)34(31,32)27-19-8-5-7-18(17-19)25(30)26-22-9-3-4-10-23(22)28-16-6-11-24(28)29/h3-5,7-10,12-15,17,27H,2,6,11,16H2,1H3,(H,26,30). The van der Waals surface area contributed by atoms with E-state index in [0.29, 0.717) is 36.7 Å². The van der Waals surface area contributed by atoms with Gasteiger partial charge in [0.15, 0.2) is 0 Å². The summed E-state index contributed by atoms with van der Waals surface area (Å²) in [5.41, 5.74) is 1.69. The van der Waals surface area contributed by atoms with Gasteiger partial charge in [-0.1, -0.05) is 18.2 Å². The number of amides is 2. The molecule has 0 saturated carbocycles. The second-order valence-corrected chi connectivity index (χ2v) is 9.39. The molecular weight excluding hydrogens is 454 g/mol. The molecule has 4 rings (SSSR count). The zero-order valence-electron chi connectivity index (χ0n) is 18.7. The van der Waals surface area contributed by atoms with Crippen LogP contribution in [0.2, 0.25) is 0 Å². The maximum atomic E-state index is 12.9. The van der Waals surface area contributed by atoms with Crippen LogP contribution in [0.4, 0.5) is 17.1 Å². The molecule has 1 fully saturated rings. The minimum atomic E-state index is -3.85. The summed E-state index contributed by atoms with van der Waals surface area (Å²) in [7, 11) is -3.85. The zero-order chi connectivity index (χ0) is 24.1. The van der Waals surface area contributed by atoms with Gasteiger partial charge in [-0.05, 0) is 67.9 Å². The van der Waals surface area contributed by atoms with Gasteiger partial charge in [0.25, 0.3) is 15.9 Å². The van der Waals surface area contributed by atoms with Gasteiger partial charge in [-0.3, -0.25) is 14.3 Å². The highest BCUT2D eigenvalue weighted by molar-refractivity contribution is 7.92. The predicted molar refractivity (Wildman–Crippen MR) is 131 cm³/mol. The van der Waals surface area contributed by atoms with E-state index in [1.54, 1.807) is 53.4 Å². The molecule has 0 atom stereocenters. The number of ether oxygens (including phenoxy) is 1. The summed E-state index contributed by atoms with van der Waals surface area (Å²) in [6.07, 6.45) is 1.26. The van der Waals surface area contributed by atoms with Crippen LogP contribution in [0, 0.1) is 0 Å². The molecule has 0 spiro atoms. The van der Waals surface area contributed by atoms with E-state index in [1.165, 1.54) is 18.2 Å². The van der Waals surface area contributed by atoms with Crippen LogP contribution < -0.4 is 19.7 Å². The number of anilines is 3. The van der Waals surface area contributed by atoms with Crippen molar-refractivity contribution in [1.29, 1.82) is 0 Å². The highest BCUT2D eigenvalue weighted by Crippen LogP contribution is 2.30. The third-order valence-electron chi connectivity index (χ3n) is 5.34. The molecular formula is C25H25N3O5S. The molecule has 9 heteroatoms. The molecule has 0 unspecified atom stereocenters. The molecule has 8 nitrogen and oxygen atoms in total. The van der Waals surface area contributed by atoms with Crippen molar-refractivity contribution in [3.8, 4) is 5.75 Å². The molecule has 1 saturated heterocycles. The molecule has 0 radical (unpaired) electrons. The van der Waals surface area contributed by atoms with Crippen LogP contribution in [-0.2, 0) is 14.8 Å². The zero-order valence-corrected chi connectivity index (χ0v) is 19.5. The average Bonchev–Trinajstić information content (AvgIpc) is 3.25. The molecule has 0 aromatic heterocycles. The van der Waals surface area contributed by atoms with Gasteiger partial charge in [-0.2, -0.15) is 0 Å². The number of hydrogen-bond donors (Lipinski definition) is 2. The fourth-order valence-corrected chi connectivity index (χ4v) is 4.78. The predicted octanol–water partition coefficient (Wildman–Crippen LogP) is 4.27. The van der Waals surface area contributed by atoms with Crippen LogP contribution in [0.15, 0.2) is 77.7 Å². The maximum absolute atomic E-state index is 12.9. The smallest absolute Gasteiger partial charge is 0.261 e. The molecule has 1 aliphatic rings. The number of carbonyl (C=O) groups excluding carboxylic acids is 2. The maximum Gasteiger partial charge on any atom is 0.261 e. The monoisotopic (exact) mass is 479 g/mol. The second-order valence-electron chi connectivity index (χ2n) is 7.71. The van der Waals surface area contributed by atoms with Crippen LogP contribution in [0.25, 0.3) is 0 Å². The number of rotatable bonds is 8. The molecule has 1 aliphatic heterocycles. The van der Waals surface area contributed by atoms with Crippen molar-refractivity contribution in [2.24, 2.45) is 0 Å². The summed E-state index contributed by atoms with van der Waals surface area (Å²) in [6.45, 7) is 2.94. The Labute approximate surface area is 198 Å². The van der Waals surface area contributed by atoms with E-state index in [4.69, 9.17) is 4.74 Å². The Morgan fingerprint density at radius 1 is 1.03 bits per heavy atom. The minimum Gasteiger partial charge on any atom is -0.494 e. The Morgan fingerprint density at radius 2 is 1.79 bits per heavy atom. The summed E-state index contributed by atoms with van der Waals surface area (Å²) >= 11 is 0.